The Balaban J connectivity index is 1.15. The maximum Gasteiger partial charge on any atom is 0.164 e. The van der Waals surface area contributed by atoms with E-state index in [0.717, 1.165) is 49.8 Å². The van der Waals surface area contributed by atoms with Crippen molar-refractivity contribution in [2.75, 3.05) is 0 Å². The monoisotopic (exact) mass is 657 g/mol. The van der Waals surface area contributed by atoms with E-state index in [2.05, 4.69) is 121 Å². The Bertz CT molecular complexity index is 2860. The molecule has 4 nitrogen and oxygen atoms in total. The molecule has 10 rings (SSSR count). The van der Waals surface area contributed by atoms with Gasteiger partial charge in [0.2, 0.25) is 0 Å². The highest BCUT2D eigenvalue weighted by Gasteiger charge is 2.18. The number of hydrogen-bond donors (Lipinski definition) is 0. The smallest absolute Gasteiger partial charge is 0.164 e. The fraction of sp³-hybridized carbons (Fsp3) is 0. The van der Waals surface area contributed by atoms with Crippen molar-refractivity contribution in [1.82, 2.24) is 15.0 Å². The minimum absolute atomic E-state index is 0.597. The van der Waals surface area contributed by atoms with Crippen LogP contribution in [-0.4, -0.2) is 15.0 Å². The van der Waals surface area contributed by atoms with Crippen molar-refractivity contribution in [3.05, 3.63) is 164 Å². The van der Waals surface area contributed by atoms with E-state index < -0.39 is 0 Å². The molecule has 5 heteroatoms. The van der Waals surface area contributed by atoms with Crippen LogP contribution in [0.4, 0.5) is 0 Å². The molecule has 7 aromatic carbocycles. The largest absolute Gasteiger partial charge is 0.456 e. The molecule has 0 fully saturated rings. The first-order valence-corrected chi connectivity index (χ1v) is 17.4. The molecular formula is C45H27N3OS. The Morgan fingerprint density at radius 1 is 0.360 bits per heavy atom. The Kier molecular flexibility index (Phi) is 6.64. The Hall–Kier alpha value is -6.43. The summed E-state index contributed by atoms with van der Waals surface area (Å²) in [6, 6.07) is 56.8. The quantitative estimate of drug-likeness (QED) is 0.185. The SMILES string of the molecule is c1ccc(-c2nc(-c3ccc4c(c3)oc3cccc(-c5ccccc5)c34)nc(-c3ccc4sc5cccc(-c6ccccc6)c5c4c3)n2)cc1. The van der Waals surface area contributed by atoms with E-state index >= 15 is 0 Å². The van der Waals surface area contributed by atoms with Crippen molar-refractivity contribution in [2.45, 2.75) is 0 Å². The maximum absolute atomic E-state index is 6.46. The zero-order valence-electron chi connectivity index (χ0n) is 26.7. The molecule has 0 spiro atoms. The molecule has 0 aliphatic carbocycles. The number of furan rings is 1. The molecule has 0 radical (unpaired) electrons. The average molecular weight is 658 g/mol. The Morgan fingerprint density at radius 2 is 0.920 bits per heavy atom. The highest BCUT2D eigenvalue weighted by Crippen LogP contribution is 2.42. The van der Waals surface area contributed by atoms with Gasteiger partial charge in [-0.2, -0.15) is 0 Å². The summed E-state index contributed by atoms with van der Waals surface area (Å²) in [5.74, 6) is 1.85. The van der Waals surface area contributed by atoms with Crippen LogP contribution in [0.1, 0.15) is 0 Å². The Labute approximate surface area is 292 Å². The first kappa shape index (κ1) is 28.6. The van der Waals surface area contributed by atoms with Crippen molar-refractivity contribution < 1.29 is 4.42 Å². The molecule has 3 heterocycles. The molecule has 3 aromatic heterocycles. The first-order chi connectivity index (χ1) is 24.8. The summed E-state index contributed by atoms with van der Waals surface area (Å²) < 4.78 is 8.95. The second kappa shape index (κ2) is 11.6. The van der Waals surface area contributed by atoms with Gasteiger partial charge in [-0.05, 0) is 64.7 Å². The fourth-order valence-corrected chi connectivity index (χ4v) is 8.11. The lowest BCUT2D eigenvalue weighted by Crippen LogP contribution is -2.00. The topological polar surface area (TPSA) is 51.8 Å². The van der Waals surface area contributed by atoms with Gasteiger partial charge in [0.05, 0.1) is 0 Å². The van der Waals surface area contributed by atoms with E-state index in [9.17, 15) is 0 Å². The number of rotatable bonds is 5. The number of hydrogen-bond acceptors (Lipinski definition) is 5. The highest BCUT2D eigenvalue weighted by atomic mass is 32.1. The fourth-order valence-electron chi connectivity index (χ4n) is 7.00. The van der Waals surface area contributed by atoms with E-state index in [4.69, 9.17) is 19.4 Å². The van der Waals surface area contributed by atoms with Crippen molar-refractivity contribution in [3.63, 3.8) is 0 Å². The molecule has 0 unspecified atom stereocenters. The van der Waals surface area contributed by atoms with Gasteiger partial charge in [0, 0.05) is 47.6 Å². The van der Waals surface area contributed by atoms with E-state index in [1.54, 1.807) is 0 Å². The van der Waals surface area contributed by atoms with Crippen LogP contribution in [0.15, 0.2) is 168 Å². The predicted molar refractivity (Wildman–Crippen MR) is 207 cm³/mol. The van der Waals surface area contributed by atoms with Crippen LogP contribution >= 0.6 is 11.3 Å². The van der Waals surface area contributed by atoms with Gasteiger partial charge in [-0.25, -0.2) is 15.0 Å². The van der Waals surface area contributed by atoms with Crippen molar-refractivity contribution in [2.24, 2.45) is 0 Å². The van der Waals surface area contributed by atoms with Crippen LogP contribution in [0.25, 0.3) is 98.5 Å². The standard InChI is InChI=1S/C45H27N3OS/c1-4-12-28(13-5-1)33-18-10-20-37-41(33)35-24-22-32(27-38(35)49-37)45-47-43(30-16-8-3-9-17-30)46-44(48-45)31-23-25-39-36(26-31)42-34(19-11-21-40(42)50-39)29-14-6-2-7-15-29/h1-27H. The van der Waals surface area contributed by atoms with Crippen molar-refractivity contribution >= 4 is 53.4 Å². The molecule has 234 valence electrons. The minimum Gasteiger partial charge on any atom is -0.456 e. The molecule has 0 aliphatic heterocycles. The molecular weight excluding hydrogens is 631 g/mol. The van der Waals surface area contributed by atoms with Gasteiger partial charge in [0.1, 0.15) is 11.2 Å². The first-order valence-electron chi connectivity index (χ1n) is 16.6. The summed E-state index contributed by atoms with van der Waals surface area (Å²) >= 11 is 1.81. The third-order valence-corrected chi connectivity index (χ3v) is 10.5. The number of aromatic nitrogens is 3. The minimum atomic E-state index is 0.597. The predicted octanol–water partition coefficient (Wildman–Crippen LogP) is 12.5. The van der Waals surface area contributed by atoms with Gasteiger partial charge in [-0.15, -0.1) is 11.3 Å². The second-order valence-electron chi connectivity index (χ2n) is 12.4. The number of thiophene rings is 1. The molecule has 0 bridgehead atoms. The zero-order valence-corrected chi connectivity index (χ0v) is 27.6. The lowest BCUT2D eigenvalue weighted by Gasteiger charge is -2.09. The lowest BCUT2D eigenvalue weighted by atomic mass is 9.98. The van der Waals surface area contributed by atoms with Crippen molar-refractivity contribution in [1.29, 1.82) is 0 Å². The van der Waals surface area contributed by atoms with Crippen LogP contribution in [0.2, 0.25) is 0 Å². The molecule has 0 saturated carbocycles. The molecule has 0 amide bonds. The van der Waals surface area contributed by atoms with E-state index in [1.807, 2.05) is 53.8 Å². The molecule has 50 heavy (non-hydrogen) atoms. The molecule has 10 aromatic rings. The van der Waals surface area contributed by atoms with Crippen LogP contribution in [0.5, 0.6) is 0 Å². The summed E-state index contributed by atoms with van der Waals surface area (Å²) in [5, 5.41) is 4.61. The summed E-state index contributed by atoms with van der Waals surface area (Å²) in [7, 11) is 0. The summed E-state index contributed by atoms with van der Waals surface area (Å²) in [5.41, 5.74) is 9.13. The number of benzene rings is 7. The van der Waals surface area contributed by atoms with Crippen LogP contribution in [0.3, 0.4) is 0 Å². The molecule has 0 atom stereocenters. The number of fused-ring (bicyclic) bond motifs is 6. The Morgan fingerprint density at radius 3 is 1.60 bits per heavy atom. The lowest BCUT2D eigenvalue weighted by molar-refractivity contribution is 0.669. The van der Waals surface area contributed by atoms with E-state index in [1.165, 1.54) is 31.3 Å². The van der Waals surface area contributed by atoms with Crippen LogP contribution in [0, 0.1) is 0 Å². The second-order valence-corrected chi connectivity index (χ2v) is 13.5. The van der Waals surface area contributed by atoms with E-state index in [-0.39, 0.29) is 0 Å². The van der Waals surface area contributed by atoms with Gasteiger partial charge in [0.25, 0.3) is 0 Å². The van der Waals surface area contributed by atoms with E-state index in [0.29, 0.717) is 17.5 Å². The van der Waals surface area contributed by atoms with Crippen LogP contribution < -0.4 is 0 Å². The third-order valence-electron chi connectivity index (χ3n) is 9.35. The van der Waals surface area contributed by atoms with Gasteiger partial charge < -0.3 is 4.42 Å². The summed E-state index contributed by atoms with van der Waals surface area (Å²) in [4.78, 5) is 15.2. The van der Waals surface area contributed by atoms with Gasteiger partial charge in [-0.1, -0.05) is 121 Å². The highest BCUT2D eigenvalue weighted by molar-refractivity contribution is 7.26. The molecule has 0 N–H and O–H groups in total. The summed E-state index contributed by atoms with van der Waals surface area (Å²) in [6.45, 7) is 0. The number of nitrogens with zero attached hydrogens (tertiary/aromatic N) is 3. The molecule has 0 saturated heterocycles. The normalized spacial score (nSPS) is 11.6. The van der Waals surface area contributed by atoms with Crippen LogP contribution in [-0.2, 0) is 0 Å². The van der Waals surface area contributed by atoms with Gasteiger partial charge in [-0.3, -0.25) is 0 Å². The van der Waals surface area contributed by atoms with Gasteiger partial charge >= 0.3 is 0 Å². The molecule has 0 aliphatic rings. The third kappa shape index (κ3) is 4.79. The zero-order chi connectivity index (χ0) is 33.0. The maximum atomic E-state index is 6.46. The van der Waals surface area contributed by atoms with Gasteiger partial charge in [0.15, 0.2) is 17.5 Å². The van der Waals surface area contributed by atoms with Crippen molar-refractivity contribution in [3.8, 4) is 56.4 Å². The summed E-state index contributed by atoms with van der Waals surface area (Å²) in [6.07, 6.45) is 0. The average Bonchev–Trinajstić information content (AvgIpc) is 3.76.